The summed E-state index contributed by atoms with van der Waals surface area (Å²) in [6.07, 6.45) is 4.02. The Labute approximate surface area is 67.7 Å². The number of aromatic amines is 1. The summed E-state index contributed by atoms with van der Waals surface area (Å²) in [5.41, 5.74) is 0. The molecule has 2 N–H and O–H groups in total. The molecular weight excluding hydrogens is 162 g/mol. The van der Waals surface area contributed by atoms with Gasteiger partial charge in [0.1, 0.15) is 6.20 Å². The van der Waals surface area contributed by atoms with Crippen LogP contribution in [0.4, 0.5) is 5.82 Å². The van der Waals surface area contributed by atoms with E-state index < -0.39 is 4.92 Å². The highest BCUT2D eigenvalue weighted by Gasteiger charge is 2.06. The maximum Gasteiger partial charge on any atom is 0.340 e. The summed E-state index contributed by atoms with van der Waals surface area (Å²) in [6, 6.07) is 0. The SMILES string of the molecule is O=[N+]([O-])c1cnc(C=CCO)[nH]1. The van der Waals surface area contributed by atoms with Crippen LogP contribution in [0.25, 0.3) is 6.08 Å². The van der Waals surface area contributed by atoms with E-state index in [1.165, 1.54) is 12.2 Å². The van der Waals surface area contributed by atoms with Crippen molar-refractivity contribution in [1.29, 1.82) is 0 Å². The van der Waals surface area contributed by atoms with Gasteiger partial charge in [-0.25, -0.2) is 9.97 Å². The van der Waals surface area contributed by atoms with E-state index in [1.807, 2.05) is 0 Å². The molecule has 1 aromatic heterocycles. The van der Waals surface area contributed by atoms with Crippen LogP contribution in [-0.2, 0) is 0 Å². The lowest BCUT2D eigenvalue weighted by Gasteiger charge is -1.84. The fraction of sp³-hybridized carbons (Fsp3) is 0.167. The lowest BCUT2D eigenvalue weighted by atomic mass is 10.5. The third kappa shape index (κ3) is 1.89. The number of nitrogens with one attached hydrogen (secondary N) is 1. The number of nitrogens with zero attached hydrogens (tertiary/aromatic N) is 2. The Morgan fingerprint density at radius 3 is 3.08 bits per heavy atom. The van der Waals surface area contributed by atoms with Gasteiger partial charge in [0.05, 0.1) is 6.61 Å². The summed E-state index contributed by atoms with van der Waals surface area (Å²) in [7, 11) is 0. The van der Waals surface area contributed by atoms with E-state index in [4.69, 9.17) is 5.11 Å². The molecule has 0 amide bonds. The van der Waals surface area contributed by atoms with Crippen LogP contribution in [0.15, 0.2) is 12.3 Å². The predicted octanol–water partition coefficient (Wildman–Crippen LogP) is 0.323. The largest absolute Gasteiger partial charge is 0.392 e. The Balaban J connectivity index is 2.77. The number of hydrogen-bond acceptors (Lipinski definition) is 4. The second kappa shape index (κ2) is 3.63. The van der Waals surface area contributed by atoms with Gasteiger partial charge in [0.2, 0.25) is 5.82 Å². The van der Waals surface area contributed by atoms with Crippen molar-refractivity contribution in [2.24, 2.45) is 0 Å². The van der Waals surface area contributed by atoms with Crippen molar-refractivity contribution in [2.45, 2.75) is 0 Å². The molecule has 0 aliphatic rings. The van der Waals surface area contributed by atoms with Crippen LogP contribution in [0.5, 0.6) is 0 Å². The topological polar surface area (TPSA) is 92.1 Å². The average molecular weight is 169 g/mol. The van der Waals surface area contributed by atoms with E-state index in [0.29, 0.717) is 5.82 Å². The molecule has 6 nitrogen and oxygen atoms in total. The zero-order chi connectivity index (χ0) is 8.97. The van der Waals surface area contributed by atoms with E-state index in [9.17, 15) is 10.1 Å². The van der Waals surface area contributed by atoms with Crippen molar-refractivity contribution in [3.05, 3.63) is 28.2 Å². The van der Waals surface area contributed by atoms with Gasteiger partial charge in [-0.05, 0) is 4.92 Å². The first kappa shape index (κ1) is 8.41. The zero-order valence-electron chi connectivity index (χ0n) is 6.10. The van der Waals surface area contributed by atoms with E-state index in [0.717, 1.165) is 6.20 Å². The molecule has 0 aliphatic heterocycles. The summed E-state index contributed by atoms with van der Waals surface area (Å²) in [5.74, 6) is 0.198. The first-order valence-electron chi connectivity index (χ1n) is 3.21. The average Bonchev–Trinajstić information content (AvgIpc) is 2.48. The van der Waals surface area contributed by atoms with Crippen LogP contribution in [-0.4, -0.2) is 26.6 Å². The maximum atomic E-state index is 10.1. The van der Waals surface area contributed by atoms with Gasteiger partial charge in [-0.3, -0.25) is 0 Å². The molecule has 0 atom stereocenters. The first-order chi connectivity index (χ1) is 5.74. The highest BCUT2D eigenvalue weighted by molar-refractivity contribution is 5.41. The molecule has 0 saturated heterocycles. The molecular formula is C6H7N3O3. The molecule has 0 unspecified atom stereocenters. The van der Waals surface area contributed by atoms with Crippen molar-refractivity contribution < 1.29 is 10.0 Å². The van der Waals surface area contributed by atoms with E-state index in [-0.39, 0.29) is 12.4 Å². The molecule has 64 valence electrons. The van der Waals surface area contributed by atoms with Crippen LogP contribution >= 0.6 is 0 Å². The van der Waals surface area contributed by atoms with Gasteiger partial charge >= 0.3 is 5.82 Å². The molecule has 0 bridgehead atoms. The minimum absolute atomic E-state index is 0.117. The number of aliphatic hydroxyl groups excluding tert-OH is 1. The van der Waals surface area contributed by atoms with Gasteiger partial charge in [-0.15, -0.1) is 0 Å². The molecule has 1 rings (SSSR count). The normalized spacial score (nSPS) is 10.8. The van der Waals surface area contributed by atoms with Crippen LogP contribution in [0.1, 0.15) is 5.82 Å². The van der Waals surface area contributed by atoms with Crippen molar-refractivity contribution >= 4 is 11.9 Å². The summed E-state index contributed by atoms with van der Waals surface area (Å²) in [4.78, 5) is 15.7. The lowest BCUT2D eigenvalue weighted by Crippen LogP contribution is -1.86. The smallest absolute Gasteiger partial charge is 0.340 e. The number of aliphatic hydroxyl groups is 1. The summed E-state index contributed by atoms with van der Waals surface area (Å²) >= 11 is 0. The molecule has 12 heavy (non-hydrogen) atoms. The second-order valence-corrected chi connectivity index (χ2v) is 2.00. The van der Waals surface area contributed by atoms with Crippen LogP contribution in [0, 0.1) is 10.1 Å². The lowest BCUT2D eigenvalue weighted by molar-refractivity contribution is -0.389. The van der Waals surface area contributed by atoms with Crippen molar-refractivity contribution in [3.63, 3.8) is 0 Å². The molecule has 0 fully saturated rings. The second-order valence-electron chi connectivity index (χ2n) is 2.00. The maximum absolute atomic E-state index is 10.1. The fourth-order valence-corrected chi connectivity index (χ4v) is 0.668. The molecule has 6 heteroatoms. The minimum atomic E-state index is -0.566. The fourth-order valence-electron chi connectivity index (χ4n) is 0.668. The monoisotopic (exact) mass is 169 g/mol. The van der Waals surface area contributed by atoms with Gasteiger partial charge in [0, 0.05) is 6.08 Å². The molecule has 0 aliphatic carbocycles. The van der Waals surface area contributed by atoms with Crippen molar-refractivity contribution in [1.82, 2.24) is 9.97 Å². The van der Waals surface area contributed by atoms with Crippen LogP contribution in [0.2, 0.25) is 0 Å². The Bertz CT molecular complexity index is 305. The highest BCUT2D eigenvalue weighted by atomic mass is 16.6. The van der Waals surface area contributed by atoms with Crippen molar-refractivity contribution in [3.8, 4) is 0 Å². The number of aromatic nitrogens is 2. The zero-order valence-corrected chi connectivity index (χ0v) is 6.10. The Kier molecular flexibility index (Phi) is 2.54. The molecule has 1 aromatic rings. The van der Waals surface area contributed by atoms with Crippen LogP contribution in [0.3, 0.4) is 0 Å². The number of imidazole rings is 1. The van der Waals surface area contributed by atoms with Crippen molar-refractivity contribution in [2.75, 3.05) is 6.61 Å². The Morgan fingerprint density at radius 1 is 1.83 bits per heavy atom. The number of hydrogen-bond donors (Lipinski definition) is 2. The summed E-state index contributed by atoms with van der Waals surface area (Å²) in [6.45, 7) is -0.117. The van der Waals surface area contributed by atoms with Gasteiger partial charge in [0.15, 0.2) is 0 Å². The minimum Gasteiger partial charge on any atom is -0.392 e. The third-order valence-corrected chi connectivity index (χ3v) is 1.16. The molecule has 0 saturated carbocycles. The Morgan fingerprint density at radius 2 is 2.58 bits per heavy atom. The molecule has 0 spiro atoms. The van der Waals surface area contributed by atoms with E-state index in [1.54, 1.807) is 0 Å². The van der Waals surface area contributed by atoms with Crippen LogP contribution < -0.4 is 0 Å². The molecule has 1 heterocycles. The quantitative estimate of drug-likeness (QED) is 0.503. The molecule has 0 radical (unpaired) electrons. The number of rotatable bonds is 3. The van der Waals surface area contributed by atoms with E-state index >= 15 is 0 Å². The first-order valence-corrected chi connectivity index (χ1v) is 3.21. The van der Waals surface area contributed by atoms with E-state index in [2.05, 4.69) is 9.97 Å². The Hall–Kier alpha value is -1.69. The highest BCUT2D eigenvalue weighted by Crippen LogP contribution is 2.06. The standard InChI is InChI=1S/C6H7N3O3/c10-3-1-2-5-7-4-6(8-5)9(11)12/h1-2,4,10H,3H2,(H,7,8). The number of H-pyrrole nitrogens is 1. The third-order valence-electron chi connectivity index (χ3n) is 1.16. The van der Waals surface area contributed by atoms with Gasteiger partial charge in [-0.2, -0.15) is 0 Å². The van der Waals surface area contributed by atoms with Gasteiger partial charge in [-0.1, -0.05) is 6.08 Å². The predicted molar refractivity (Wildman–Crippen MR) is 41.4 cm³/mol. The molecule has 0 aromatic carbocycles. The van der Waals surface area contributed by atoms with Gasteiger partial charge < -0.3 is 15.2 Å². The number of nitro groups is 1. The summed E-state index contributed by atoms with van der Waals surface area (Å²) < 4.78 is 0. The summed E-state index contributed by atoms with van der Waals surface area (Å²) in [5, 5.41) is 18.5. The van der Waals surface area contributed by atoms with Gasteiger partial charge in [0.25, 0.3) is 0 Å².